The summed E-state index contributed by atoms with van der Waals surface area (Å²) in [7, 11) is -3.80. The highest BCUT2D eigenvalue weighted by molar-refractivity contribution is 7.89. The minimum Gasteiger partial charge on any atom is -0.393 e. The Hall–Kier alpha value is -0.0400. The third kappa shape index (κ3) is 3.78. The predicted molar refractivity (Wildman–Crippen MR) is 80.0 cm³/mol. The molecule has 0 saturated heterocycles. The van der Waals surface area contributed by atoms with Gasteiger partial charge in [0.2, 0.25) is 10.0 Å². The van der Waals surface area contributed by atoms with Crippen LogP contribution >= 0.6 is 34.8 Å². The van der Waals surface area contributed by atoms with Crippen molar-refractivity contribution in [2.24, 2.45) is 5.92 Å². The molecule has 1 fully saturated rings. The molecule has 1 saturated carbocycles. The molecule has 2 N–H and O–H groups in total. The van der Waals surface area contributed by atoms with Gasteiger partial charge in [-0.15, -0.1) is 0 Å². The van der Waals surface area contributed by atoms with Crippen LogP contribution in [-0.2, 0) is 10.0 Å². The maximum absolute atomic E-state index is 12.2. The summed E-state index contributed by atoms with van der Waals surface area (Å²) in [6.07, 6.45) is 1.76. The molecule has 2 unspecified atom stereocenters. The quantitative estimate of drug-likeness (QED) is 0.869. The Morgan fingerprint density at radius 1 is 1.20 bits per heavy atom. The van der Waals surface area contributed by atoms with Crippen LogP contribution in [0.3, 0.4) is 0 Å². The Balaban J connectivity index is 2.15. The van der Waals surface area contributed by atoms with Crippen molar-refractivity contribution in [2.45, 2.75) is 30.3 Å². The van der Waals surface area contributed by atoms with Crippen LogP contribution in [0, 0.1) is 5.92 Å². The summed E-state index contributed by atoms with van der Waals surface area (Å²) in [6.45, 7) is 0.259. The van der Waals surface area contributed by atoms with E-state index in [4.69, 9.17) is 34.8 Å². The first-order valence-corrected chi connectivity index (χ1v) is 8.73. The first kappa shape index (κ1) is 16.3. The second-order valence-corrected chi connectivity index (χ2v) is 7.84. The molecule has 0 spiro atoms. The largest absolute Gasteiger partial charge is 0.393 e. The van der Waals surface area contributed by atoms with Crippen LogP contribution in [0.15, 0.2) is 17.0 Å². The Kier molecular flexibility index (Phi) is 5.21. The summed E-state index contributed by atoms with van der Waals surface area (Å²) in [5.41, 5.74) is 0. The van der Waals surface area contributed by atoms with E-state index in [9.17, 15) is 13.5 Å². The van der Waals surface area contributed by atoms with Gasteiger partial charge < -0.3 is 5.11 Å². The molecule has 20 heavy (non-hydrogen) atoms. The highest BCUT2D eigenvalue weighted by atomic mass is 35.5. The van der Waals surface area contributed by atoms with Crippen molar-refractivity contribution in [1.82, 2.24) is 4.72 Å². The molecule has 112 valence electrons. The van der Waals surface area contributed by atoms with Crippen LogP contribution in [0.5, 0.6) is 0 Å². The molecular weight excluding hydrogens is 345 g/mol. The average molecular weight is 359 g/mol. The SMILES string of the molecule is O=S(=O)(NCC1CCC(O)C1)c1c(Cl)cc(Cl)cc1Cl. The van der Waals surface area contributed by atoms with Crippen molar-refractivity contribution in [2.75, 3.05) is 6.54 Å². The molecule has 0 heterocycles. The molecule has 1 aliphatic carbocycles. The number of rotatable bonds is 4. The van der Waals surface area contributed by atoms with E-state index in [1.807, 2.05) is 0 Å². The third-order valence-electron chi connectivity index (χ3n) is 3.31. The normalized spacial score (nSPS) is 23.2. The smallest absolute Gasteiger partial charge is 0.243 e. The molecule has 2 atom stereocenters. The molecule has 2 rings (SSSR count). The van der Waals surface area contributed by atoms with E-state index in [1.165, 1.54) is 12.1 Å². The monoisotopic (exact) mass is 357 g/mol. The van der Waals surface area contributed by atoms with Crippen LogP contribution in [0.4, 0.5) is 0 Å². The molecule has 4 nitrogen and oxygen atoms in total. The number of aliphatic hydroxyl groups is 1. The second-order valence-electron chi connectivity index (χ2n) is 4.88. The van der Waals surface area contributed by atoms with Gasteiger partial charge >= 0.3 is 0 Å². The van der Waals surface area contributed by atoms with Gasteiger partial charge in [0.05, 0.1) is 16.1 Å². The molecule has 0 aromatic heterocycles. The summed E-state index contributed by atoms with van der Waals surface area (Å²) in [4.78, 5) is -0.163. The van der Waals surface area contributed by atoms with E-state index in [1.54, 1.807) is 0 Å². The van der Waals surface area contributed by atoms with E-state index in [-0.39, 0.29) is 38.5 Å². The fourth-order valence-corrected chi connectivity index (χ4v) is 4.98. The summed E-state index contributed by atoms with van der Waals surface area (Å²) >= 11 is 17.6. The average Bonchev–Trinajstić information content (AvgIpc) is 2.71. The van der Waals surface area contributed by atoms with Crippen LogP contribution in [0.1, 0.15) is 19.3 Å². The van der Waals surface area contributed by atoms with E-state index in [0.29, 0.717) is 12.8 Å². The zero-order valence-electron chi connectivity index (χ0n) is 10.4. The van der Waals surface area contributed by atoms with Crippen molar-refractivity contribution in [1.29, 1.82) is 0 Å². The van der Waals surface area contributed by atoms with E-state index in [0.717, 1.165) is 6.42 Å². The first-order chi connectivity index (χ1) is 9.29. The highest BCUT2D eigenvalue weighted by Crippen LogP contribution is 2.33. The Bertz CT molecular complexity index is 583. The van der Waals surface area contributed by atoms with Crippen LogP contribution < -0.4 is 4.72 Å². The fraction of sp³-hybridized carbons (Fsp3) is 0.500. The number of halogens is 3. The lowest BCUT2D eigenvalue weighted by Crippen LogP contribution is -2.29. The van der Waals surface area contributed by atoms with Crippen molar-refractivity contribution >= 4 is 44.8 Å². The van der Waals surface area contributed by atoms with Gasteiger partial charge in [-0.3, -0.25) is 0 Å². The topological polar surface area (TPSA) is 66.4 Å². The lowest BCUT2D eigenvalue weighted by Gasteiger charge is -2.13. The summed E-state index contributed by atoms with van der Waals surface area (Å²) in [5.74, 6) is 0.129. The van der Waals surface area contributed by atoms with Crippen molar-refractivity contribution in [3.63, 3.8) is 0 Å². The number of nitrogens with one attached hydrogen (secondary N) is 1. The van der Waals surface area contributed by atoms with Crippen LogP contribution in [0.25, 0.3) is 0 Å². The maximum atomic E-state index is 12.2. The number of aliphatic hydroxyl groups excluding tert-OH is 1. The third-order valence-corrected chi connectivity index (χ3v) is 5.87. The molecule has 0 radical (unpaired) electrons. The summed E-state index contributed by atoms with van der Waals surface area (Å²) in [5, 5.41) is 9.68. The standard InChI is InChI=1S/C12H14Cl3NO3S/c13-8-4-10(14)12(11(15)5-8)20(18,19)16-6-7-1-2-9(17)3-7/h4-5,7,9,16-17H,1-3,6H2. The Morgan fingerprint density at radius 3 is 2.30 bits per heavy atom. The van der Waals surface area contributed by atoms with Gasteiger partial charge in [-0.25, -0.2) is 13.1 Å². The van der Waals surface area contributed by atoms with Crippen LogP contribution in [0.2, 0.25) is 15.1 Å². The fourth-order valence-electron chi connectivity index (χ4n) is 2.32. The minimum atomic E-state index is -3.80. The number of sulfonamides is 1. The number of hydrogen-bond acceptors (Lipinski definition) is 3. The van der Waals surface area contributed by atoms with Crippen LogP contribution in [-0.4, -0.2) is 26.2 Å². The van der Waals surface area contributed by atoms with Crippen molar-refractivity contribution in [3.05, 3.63) is 27.2 Å². The van der Waals surface area contributed by atoms with Crippen molar-refractivity contribution in [3.8, 4) is 0 Å². The maximum Gasteiger partial charge on any atom is 0.243 e. The highest BCUT2D eigenvalue weighted by Gasteiger charge is 2.27. The zero-order valence-corrected chi connectivity index (χ0v) is 13.5. The Morgan fingerprint density at radius 2 is 1.80 bits per heavy atom. The van der Waals surface area contributed by atoms with E-state index < -0.39 is 10.0 Å². The molecule has 0 amide bonds. The zero-order chi connectivity index (χ0) is 14.9. The van der Waals surface area contributed by atoms with Gasteiger partial charge in [-0.1, -0.05) is 34.8 Å². The van der Waals surface area contributed by atoms with E-state index >= 15 is 0 Å². The van der Waals surface area contributed by atoms with Gasteiger partial charge in [0.25, 0.3) is 0 Å². The minimum absolute atomic E-state index is 0.0125. The molecular formula is C12H14Cl3NO3S. The lowest BCUT2D eigenvalue weighted by molar-refractivity contribution is 0.178. The first-order valence-electron chi connectivity index (χ1n) is 6.12. The summed E-state index contributed by atoms with van der Waals surface area (Å²) < 4.78 is 27.0. The Labute approximate surface area is 133 Å². The van der Waals surface area contributed by atoms with E-state index in [2.05, 4.69) is 4.72 Å². The molecule has 0 bridgehead atoms. The van der Waals surface area contributed by atoms with Gasteiger partial charge in [-0.05, 0) is 37.3 Å². The van der Waals surface area contributed by atoms with Crippen molar-refractivity contribution < 1.29 is 13.5 Å². The van der Waals surface area contributed by atoms with Gasteiger partial charge in [-0.2, -0.15) is 0 Å². The molecule has 1 aliphatic rings. The predicted octanol–water partition coefficient (Wildman–Crippen LogP) is 3.09. The molecule has 8 heteroatoms. The summed E-state index contributed by atoms with van der Waals surface area (Å²) in [6, 6.07) is 2.67. The second kappa shape index (κ2) is 6.38. The van der Waals surface area contributed by atoms with Gasteiger partial charge in [0.15, 0.2) is 0 Å². The molecule has 1 aromatic rings. The van der Waals surface area contributed by atoms with Gasteiger partial charge in [0, 0.05) is 11.6 Å². The molecule has 1 aromatic carbocycles. The number of benzene rings is 1. The molecule has 0 aliphatic heterocycles. The lowest BCUT2D eigenvalue weighted by atomic mass is 10.1. The van der Waals surface area contributed by atoms with Gasteiger partial charge in [0.1, 0.15) is 4.90 Å². The number of hydrogen-bond donors (Lipinski definition) is 2.